The number of ether oxygens (including phenoxy) is 1. The molecule has 0 saturated heterocycles. The summed E-state index contributed by atoms with van der Waals surface area (Å²) in [5.74, 6) is 0.322. The molecule has 0 unspecified atom stereocenters. The van der Waals surface area contributed by atoms with Crippen LogP contribution in [0.3, 0.4) is 0 Å². The van der Waals surface area contributed by atoms with E-state index in [0.717, 1.165) is 5.82 Å². The van der Waals surface area contributed by atoms with E-state index in [1.165, 1.54) is 6.20 Å². The molecule has 0 fully saturated rings. The smallest absolute Gasteiger partial charge is 0.341 e. The summed E-state index contributed by atoms with van der Waals surface area (Å²) in [7, 11) is 1.85. The summed E-state index contributed by atoms with van der Waals surface area (Å²) < 4.78 is 6.72. The van der Waals surface area contributed by atoms with E-state index in [4.69, 9.17) is 10.5 Å². The number of carbonyl (C=O) groups excluding carboxylic acids is 1. The second kappa shape index (κ2) is 4.04. The van der Waals surface area contributed by atoms with Crippen molar-refractivity contribution in [3.05, 3.63) is 17.6 Å². The third kappa shape index (κ3) is 1.71. The van der Waals surface area contributed by atoms with Crippen LogP contribution in [0.15, 0.2) is 6.20 Å². The van der Waals surface area contributed by atoms with Crippen molar-refractivity contribution in [1.82, 2.24) is 14.5 Å². The first kappa shape index (κ1) is 11.4. The maximum absolute atomic E-state index is 11.6. The number of nitrogen functional groups attached to an aromatic ring is 1. The fourth-order valence-electron chi connectivity index (χ4n) is 1.62. The molecule has 0 aliphatic heterocycles. The number of imidazole rings is 1. The standard InChI is InChI=1S/C11H14N4O2/c1-4-17-11(16)7-5-13-10-9(8(7)12)14-6(2)15(10)3/h5H,4H2,1-3H3,(H2,12,13). The third-order valence-electron chi connectivity index (χ3n) is 2.65. The lowest BCUT2D eigenvalue weighted by Crippen LogP contribution is -2.09. The summed E-state index contributed by atoms with van der Waals surface area (Å²) in [6, 6.07) is 0. The van der Waals surface area contributed by atoms with E-state index >= 15 is 0 Å². The van der Waals surface area contributed by atoms with Gasteiger partial charge in [0.15, 0.2) is 5.65 Å². The Hall–Kier alpha value is -2.11. The van der Waals surface area contributed by atoms with Crippen molar-refractivity contribution >= 4 is 22.8 Å². The van der Waals surface area contributed by atoms with Crippen molar-refractivity contribution in [2.24, 2.45) is 7.05 Å². The molecule has 6 heteroatoms. The van der Waals surface area contributed by atoms with Crippen LogP contribution in [0, 0.1) is 6.92 Å². The van der Waals surface area contributed by atoms with Crippen LogP contribution in [0.1, 0.15) is 23.1 Å². The molecule has 17 heavy (non-hydrogen) atoms. The summed E-state index contributed by atoms with van der Waals surface area (Å²) in [5.41, 5.74) is 7.69. The number of nitrogens with two attached hydrogens (primary N) is 1. The first-order valence-corrected chi connectivity index (χ1v) is 5.30. The van der Waals surface area contributed by atoms with E-state index in [1.54, 1.807) is 6.92 Å². The highest BCUT2D eigenvalue weighted by molar-refractivity contribution is 6.02. The predicted octanol–water partition coefficient (Wildman–Crippen LogP) is 1.04. The fraction of sp³-hybridized carbons (Fsp3) is 0.364. The highest BCUT2D eigenvalue weighted by Crippen LogP contribution is 2.23. The van der Waals surface area contributed by atoms with Gasteiger partial charge in [0.05, 0.1) is 12.3 Å². The SMILES string of the molecule is CCOC(=O)c1cnc2c(nc(C)n2C)c1N. The number of rotatable bonds is 2. The monoisotopic (exact) mass is 234 g/mol. The Balaban J connectivity index is 2.62. The van der Waals surface area contributed by atoms with Gasteiger partial charge in [0, 0.05) is 13.2 Å². The van der Waals surface area contributed by atoms with Crippen LogP contribution < -0.4 is 5.73 Å². The molecule has 0 spiro atoms. The zero-order valence-corrected chi connectivity index (χ0v) is 10.0. The number of pyridine rings is 1. The molecule has 0 radical (unpaired) electrons. The topological polar surface area (TPSA) is 83.0 Å². The van der Waals surface area contributed by atoms with Gasteiger partial charge in [-0.2, -0.15) is 0 Å². The zero-order valence-electron chi connectivity index (χ0n) is 10.0. The Morgan fingerprint density at radius 1 is 1.59 bits per heavy atom. The highest BCUT2D eigenvalue weighted by Gasteiger charge is 2.17. The number of nitrogens with zero attached hydrogens (tertiary/aromatic N) is 3. The number of hydrogen-bond donors (Lipinski definition) is 1. The Morgan fingerprint density at radius 3 is 2.94 bits per heavy atom. The molecule has 0 aliphatic rings. The van der Waals surface area contributed by atoms with E-state index in [-0.39, 0.29) is 5.56 Å². The van der Waals surface area contributed by atoms with Crippen molar-refractivity contribution in [3.8, 4) is 0 Å². The van der Waals surface area contributed by atoms with Crippen LogP contribution in [0.4, 0.5) is 5.69 Å². The zero-order chi connectivity index (χ0) is 12.6. The second-order valence-electron chi connectivity index (χ2n) is 3.70. The maximum atomic E-state index is 11.6. The first-order valence-electron chi connectivity index (χ1n) is 5.30. The van der Waals surface area contributed by atoms with Crippen LogP contribution in [-0.4, -0.2) is 27.1 Å². The van der Waals surface area contributed by atoms with E-state index in [9.17, 15) is 4.79 Å². The summed E-state index contributed by atoms with van der Waals surface area (Å²) in [5, 5.41) is 0. The fourth-order valence-corrected chi connectivity index (χ4v) is 1.62. The first-order chi connectivity index (χ1) is 8.06. The Bertz CT molecular complexity index is 589. The summed E-state index contributed by atoms with van der Waals surface area (Å²) in [6.07, 6.45) is 1.43. The van der Waals surface area contributed by atoms with Gasteiger partial charge in [-0.25, -0.2) is 14.8 Å². The van der Waals surface area contributed by atoms with E-state index in [1.807, 2.05) is 18.5 Å². The highest BCUT2D eigenvalue weighted by atomic mass is 16.5. The van der Waals surface area contributed by atoms with Gasteiger partial charge in [-0.15, -0.1) is 0 Å². The molecular formula is C11H14N4O2. The Kier molecular flexibility index (Phi) is 2.71. The van der Waals surface area contributed by atoms with Crippen molar-refractivity contribution in [3.63, 3.8) is 0 Å². The van der Waals surface area contributed by atoms with Gasteiger partial charge < -0.3 is 15.0 Å². The van der Waals surface area contributed by atoms with Gasteiger partial charge in [0.1, 0.15) is 16.9 Å². The number of carbonyl (C=O) groups is 1. The lowest BCUT2D eigenvalue weighted by molar-refractivity contribution is 0.0527. The minimum atomic E-state index is -0.470. The molecule has 6 nitrogen and oxygen atoms in total. The number of aryl methyl sites for hydroxylation is 2. The van der Waals surface area contributed by atoms with Gasteiger partial charge in [-0.05, 0) is 13.8 Å². The largest absolute Gasteiger partial charge is 0.462 e. The lowest BCUT2D eigenvalue weighted by atomic mass is 10.2. The van der Waals surface area contributed by atoms with Gasteiger partial charge in [0.2, 0.25) is 0 Å². The summed E-state index contributed by atoms with van der Waals surface area (Å²) in [4.78, 5) is 20.1. The molecule has 2 aromatic rings. The molecule has 90 valence electrons. The molecule has 2 aromatic heterocycles. The molecule has 0 atom stereocenters. The second-order valence-corrected chi connectivity index (χ2v) is 3.70. The Morgan fingerprint density at radius 2 is 2.29 bits per heavy atom. The number of aromatic nitrogens is 3. The van der Waals surface area contributed by atoms with Crippen LogP contribution in [0.5, 0.6) is 0 Å². The van der Waals surface area contributed by atoms with Crippen molar-refractivity contribution in [2.75, 3.05) is 12.3 Å². The van der Waals surface area contributed by atoms with Gasteiger partial charge in [0.25, 0.3) is 0 Å². The van der Waals surface area contributed by atoms with Crippen LogP contribution in [0.2, 0.25) is 0 Å². The van der Waals surface area contributed by atoms with Crippen LogP contribution in [0.25, 0.3) is 11.2 Å². The minimum absolute atomic E-state index is 0.262. The van der Waals surface area contributed by atoms with Gasteiger partial charge >= 0.3 is 5.97 Å². The summed E-state index contributed by atoms with van der Waals surface area (Å²) in [6.45, 7) is 3.90. The number of hydrogen-bond acceptors (Lipinski definition) is 5. The van der Waals surface area contributed by atoms with Crippen molar-refractivity contribution < 1.29 is 9.53 Å². The normalized spacial score (nSPS) is 10.8. The molecular weight excluding hydrogens is 220 g/mol. The van der Waals surface area contributed by atoms with Crippen molar-refractivity contribution in [1.29, 1.82) is 0 Å². The number of fused-ring (bicyclic) bond motifs is 1. The molecule has 0 amide bonds. The maximum Gasteiger partial charge on any atom is 0.341 e. The summed E-state index contributed by atoms with van der Waals surface area (Å²) >= 11 is 0. The minimum Gasteiger partial charge on any atom is -0.462 e. The number of anilines is 1. The van der Waals surface area contributed by atoms with E-state index in [0.29, 0.717) is 23.5 Å². The quantitative estimate of drug-likeness (QED) is 0.785. The molecule has 2 N–H and O–H groups in total. The van der Waals surface area contributed by atoms with Gasteiger partial charge in [-0.1, -0.05) is 0 Å². The Labute approximate surface area is 98.4 Å². The van der Waals surface area contributed by atoms with Crippen LogP contribution >= 0.6 is 0 Å². The third-order valence-corrected chi connectivity index (χ3v) is 2.65. The predicted molar refractivity (Wildman–Crippen MR) is 63.6 cm³/mol. The van der Waals surface area contributed by atoms with E-state index in [2.05, 4.69) is 9.97 Å². The molecule has 0 aromatic carbocycles. The van der Waals surface area contributed by atoms with E-state index < -0.39 is 5.97 Å². The average molecular weight is 234 g/mol. The molecule has 2 rings (SSSR count). The number of esters is 1. The molecule has 0 saturated carbocycles. The van der Waals surface area contributed by atoms with Crippen LogP contribution in [-0.2, 0) is 11.8 Å². The van der Waals surface area contributed by atoms with Crippen molar-refractivity contribution in [2.45, 2.75) is 13.8 Å². The average Bonchev–Trinajstić information content (AvgIpc) is 2.58. The molecule has 0 bridgehead atoms. The van der Waals surface area contributed by atoms with Gasteiger partial charge in [-0.3, -0.25) is 0 Å². The lowest BCUT2D eigenvalue weighted by Gasteiger charge is -2.05. The molecule has 2 heterocycles. The molecule has 0 aliphatic carbocycles.